The molecule has 0 bridgehead atoms. The van der Waals surface area contributed by atoms with Gasteiger partial charge in [-0.25, -0.2) is 0 Å². The summed E-state index contributed by atoms with van der Waals surface area (Å²) in [4.78, 5) is 33.1. The quantitative estimate of drug-likeness (QED) is 0.654. The van der Waals surface area contributed by atoms with Crippen molar-refractivity contribution < 1.29 is 19.6 Å². The van der Waals surface area contributed by atoms with E-state index < -0.39 is 28.8 Å². The van der Waals surface area contributed by atoms with E-state index in [4.69, 9.17) is 16.7 Å². The molecule has 0 spiro atoms. The summed E-state index contributed by atoms with van der Waals surface area (Å²) in [5.74, 6) is -2.01. The third kappa shape index (κ3) is 3.30. The van der Waals surface area contributed by atoms with E-state index in [1.807, 2.05) is 0 Å². The van der Waals surface area contributed by atoms with E-state index in [0.29, 0.717) is 12.8 Å². The molecule has 0 aromatic heterocycles. The van der Waals surface area contributed by atoms with Crippen LogP contribution in [0.25, 0.3) is 0 Å². The largest absolute Gasteiger partial charge is 0.481 e. The zero-order valence-electron chi connectivity index (χ0n) is 10.9. The lowest BCUT2D eigenvalue weighted by Gasteiger charge is -2.17. The molecule has 0 aliphatic heterocycles. The standard InChI is InChI=1S/C13H13ClN2O5/c14-9-6-7(4-5-11(9)16(20)21)12(17)15-10-3-1-2-8(10)13(18)19/h4-6,8,10H,1-3H2,(H,15,17)(H,18,19). The highest BCUT2D eigenvalue weighted by Crippen LogP contribution is 2.27. The van der Waals surface area contributed by atoms with Crippen LogP contribution in [0.5, 0.6) is 0 Å². The molecular formula is C13H13ClN2O5. The van der Waals surface area contributed by atoms with E-state index in [9.17, 15) is 19.7 Å². The second-order valence-corrected chi connectivity index (χ2v) is 5.29. The van der Waals surface area contributed by atoms with Gasteiger partial charge in [0.1, 0.15) is 5.02 Å². The Morgan fingerprint density at radius 3 is 2.67 bits per heavy atom. The monoisotopic (exact) mass is 312 g/mol. The number of carbonyl (C=O) groups is 2. The Morgan fingerprint density at radius 2 is 2.10 bits per heavy atom. The van der Waals surface area contributed by atoms with Crippen LogP contribution in [0.1, 0.15) is 29.6 Å². The number of carbonyl (C=O) groups excluding carboxylic acids is 1. The summed E-state index contributed by atoms with van der Waals surface area (Å²) in [5, 5.41) is 22.2. The number of rotatable bonds is 4. The van der Waals surface area contributed by atoms with Gasteiger partial charge < -0.3 is 10.4 Å². The van der Waals surface area contributed by atoms with Crippen LogP contribution in [0.2, 0.25) is 5.02 Å². The third-order valence-corrected chi connectivity index (χ3v) is 3.86. The van der Waals surface area contributed by atoms with E-state index in [-0.39, 0.29) is 16.3 Å². The number of carboxylic acid groups (broad SMARTS) is 1. The molecule has 2 rings (SSSR count). The maximum atomic E-state index is 12.1. The normalized spacial score (nSPS) is 21.0. The number of nitrogens with zero attached hydrogens (tertiary/aromatic N) is 1. The Kier molecular flexibility index (Phi) is 4.42. The lowest BCUT2D eigenvalue weighted by molar-refractivity contribution is -0.384. The maximum absolute atomic E-state index is 12.1. The summed E-state index contributed by atoms with van der Waals surface area (Å²) in [7, 11) is 0. The fraction of sp³-hybridized carbons (Fsp3) is 0.385. The molecule has 1 aromatic rings. The minimum absolute atomic E-state index is 0.131. The maximum Gasteiger partial charge on any atom is 0.308 e. The van der Waals surface area contributed by atoms with Crippen molar-refractivity contribution in [2.45, 2.75) is 25.3 Å². The molecule has 1 aliphatic carbocycles. The zero-order valence-corrected chi connectivity index (χ0v) is 11.7. The molecule has 1 amide bonds. The summed E-state index contributed by atoms with van der Waals surface area (Å²) in [5.41, 5.74) is -0.112. The van der Waals surface area contributed by atoms with Gasteiger partial charge in [-0.3, -0.25) is 19.7 Å². The second kappa shape index (κ2) is 6.09. The fourth-order valence-electron chi connectivity index (χ4n) is 2.48. The highest BCUT2D eigenvalue weighted by Gasteiger charge is 2.34. The summed E-state index contributed by atoms with van der Waals surface area (Å²) in [6, 6.07) is 3.23. The van der Waals surface area contributed by atoms with Gasteiger partial charge in [-0.2, -0.15) is 0 Å². The first-order valence-corrected chi connectivity index (χ1v) is 6.75. The molecule has 1 fully saturated rings. The molecule has 1 saturated carbocycles. The van der Waals surface area contributed by atoms with Crippen molar-refractivity contribution in [2.24, 2.45) is 5.92 Å². The molecular weight excluding hydrogens is 300 g/mol. The Labute approximate surface area is 125 Å². The molecule has 8 heteroatoms. The molecule has 2 unspecified atom stereocenters. The molecule has 2 N–H and O–H groups in total. The topological polar surface area (TPSA) is 110 Å². The van der Waals surface area contributed by atoms with Crippen molar-refractivity contribution in [3.05, 3.63) is 38.9 Å². The molecule has 0 saturated heterocycles. The fourth-order valence-corrected chi connectivity index (χ4v) is 2.73. The number of amides is 1. The zero-order chi connectivity index (χ0) is 15.6. The highest BCUT2D eigenvalue weighted by molar-refractivity contribution is 6.33. The van der Waals surface area contributed by atoms with E-state index in [1.165, 1.54) is 12.1 Å². The molecule has 0 heterocycles. The number of nitrogens with one attached hydrogen (secondary N) is 1. The van der Waals surface area contributed by atoms with Gasteiger partial charge in [0.15, 0.2) is 0 Å². The van der Waals surface area contributed by atoms with E-state index in [2.05, 4.69) is 5.32 Å². The van der Waals surface area contributed by atoms with Crippen LogP contribution in [0.15, 0.2) is 18.2 Å². The number of hydrogen-bond acceptors (Lipinski definition) is 4. The smallest absolute Gasteiger partial charge is 0.308 e. The first kappa shape index (κ1) is 15.2. The molecule has 2 atom stereocenters. The van der Waals surface area contributed by atoms with Crippen molar-refractivity contribution in [1.82, 2.24) is 5.32 Å². The number of benzene rings is 1. The second-order valence-electron chi connectivity index (χ2n) is 4.88. The SMILES string of the molecule is O=C(NC1CCCC1C(=O)O)c1ccc([N+](=O)[O-])c(Cl)c1. The van der Waals surface area contributed by atoms with Gasteiger partial charge >= 0.3 is 5.97 Å². The summed E-state index contributed by atoms with van der Waals surface area (Å²) >= 11 is 5.75. The van der Waals surface area contributed by atoms with Crippen molar-refractivity contribution >= 4 is 29.2 Å². The van der Waals surface area contributed by atoms with Crippen LogP contribution in [-0.2, 0) is 4.79 Å². The summed E-state index contributed by atoms with van der Waals surface area (Å²) in [6.45, 7) is 0. The van der Waals surface area contributed by atoms with Crippen molar-refractivity contribution in [3.8, 4) is 0 Å². The van der Waals surface area contributed by atoms with Crippen LogP contribution in [-0.4, -0.2) is 27.9 Å². The van der Waals surface area contributed by atoms with Crippen LogP contribution < -0.4 is 5.32 Å². The van der Waals surface area contributed by atoms with E-state index >= 15 is 0 Å². The number of aliphatic carboxylic acids is 1. The van der Waals surface area contributed by atoms with Crippen LogP contribution in [0.3, 0.4) is 0 Å². The molecule has 1 aliphatic rings. The average Bonchev–Trinajstić information content (AvgIpc) is 2.86. The Morgan fingerprint density at radius 1 is 1.38 bits per heavy atom. The number of carboxylic acids is 1. The Balaban J connectivity index is 2.12. The minimum Gasteiger partial charge on any atom is -0.481 e. The van der Waals surface area contributed by atoms with Gasteiger partial charge in [-0.05, 0) is 25.0 Å². The Hall–Kier alpha value is -2.15. The lowest BCUT2D eigenvalue weighted by atomic mass is 10.0. The first-order valence-electron chi connectivity index (χ1n) is 6.37. The molecule has 112 valence electrons. The van der Waals surface area contributed by atoms with Crippen LogP contribution >= 0.6 is 11.6 Å². The van der Waals surface area contributed by atoms with Crippen LogP contribution in [0, 0.1) is 16.0 Å². The predicted octanol–water partition coefficient (Wildman–Crippen LogP) is 2.23. The molecule has 0 radical (unpaired) electrons. The van der Waals surface area contributed by atoms with Gasteiger partial charge in [-0.1, -0.05) is 18.0 Å². The predicted molar refractivity (Wildman–Crippen MR) is 74.3 cm³/mol. The number of nitro groups is 1. The minimum atomic E-state index is -0.931. The third-order valence-electron chi connectivity index (χ3n) is 3.56. The average molecular weight is 313 g/mol. The number of halogens is 1. The van der Waals surface area contributed by atoms with Gasteiger partial charge in [0.05, 0.1) is 10.8 Å². The van der Waals surface area contributed by atoms with Gasteiger partial charge in [0.25, 0.3) is 11.6 Å². The van der Waals surface area contributed by atoms with Crippen molar-refractivity contribution in [3.63, 3.8) is 0 Å². The number of nitro benzene ring substituents is 1. The van der Waals surface area contributed by atoms with E-state index in [1.54, 1.807) is 0 Å². The number of hydrogen-bond donors (Lipinski definition) is 2. The van der Waals surface area contributed by atoms with E-state index in [0.717, 1.165) is 12.5 Å². The first-order chi connectivity index (χ1) is 9.90. The van der Waals surface area contributed by atoms with Gasteiger partial charge in [0.2, 0.25) is 0 Å². The van der Waals surface area contributed by atoms with Gasteiger partial charge in [-0.15, -0.1) is 0 Å². The molecule has 7 nitrogen and oxygen atoms in total. The summed E-state index contributed by atoms with van der Waals surface area (Å²) < 4.78 is 0. The van der Waals surface area contributed by atoms with Crippen molar-refractivity contribution in [1.29, 1.82) is 0 Å². The highest BCUT2D eigenvalue weighted by atomic mass is 35.5. The summed E-state index contributed by atoms with van der Waals surface area (Å²) in [6.07, 6.45) is 1.87. The van der Waals surface area contributed by atoms with Crippen LogP contribution in [0.4, 0.5) is 5.69 Å². The van der Waals surface area contributed by atoms with Gasteiger partial charge in [0, 0.05) is 17.7 Å². The van der Waals surface area contributed by atoms with Crippen molar-refractivity contribution in [2.75, 3.05) is 0 Å². The molecule has 21 heavy (non-hydrogen) atoms. The lowest BCUT2D eigenvalue weighted by Crippen LogP contribution is -2.40. The molecule has 1 aromatic carbocycles. The Bertz CT molecular complexity index is 604.